The van der Waals surface area contributed by atoms with Crippen LogP contribution in [-0.4, -0.2) is 46.0 Å². The van der Waals surface area contributed by atoms with E-state index in [2.05, 4.69) is 27.9 Å². The molecule has 1 aromatic carbocycles. The van der Waals surface area contributed by atoms with Gasteiger partial charge in [0.25, 0.3) is 5.56 Å². The first-order valence-electron chi connectivity index (χ1n) is 11.0. The Kier molecular flexibility index (Phi) is 6.63. The fraction of sp³-hybridized carbons (Fsp3) is 0.360. The van der Waals surface area contributed by atoms with Crippen LogP contribution in [0.5, 0.6) is 5.75 Å². The summed E-state index contributed by atoms with van der Waals surface area (Å²) in [5.74, 6) is 1.63. The van der Waals surface area contributed by atoms with Crippen LogP contribution in [0.1, 0.15) is 42.0 Å². The number of amides is 1. The quantitative estimate of drug-likeness (QED) is 0.617. The number of aromatic nitrogens is 3. The number of benzene rings is 1. The number of methoxy groups -OCH3 is 1. The standard InChI is InChI=1S/C25H28N4O3/c1-17-14-21(32-2)7-6-18(17)4-3-5-24(31)29-13-10-20(16-29)22-15-23(30)28-25(27-22)19-8-11-26-12-9-19/h6-9,11-12,14-15,20H,3-5,10,13,16H2,1-2H3,(H,27,28,30). The van der Waals surface area contributed by atoms with E-state index in [4.69, 9.17) is 4.74 Å². The van der Waals surface area contributed by atoms with Gasteiger partial charge in [-0.25, -0.2) is 4.98 Å². The number of aromatic amines is 1. The van der Waals surface area contributed by atoms with Crippen LogP contribution in [0.2, 0.25) is 0 Å². The maximum atomic E-state index is 12.8. The first-order valence-corrected chi connectivity index (χ1v) is 11.0. The normalized spacial score (nSPS) is 15.7. The molecule has 3 heterocycles. The Hall–Kier alpha value is -3.48. The summed E-state index contributed by atoms with van der Waals surface area (Å²) in [5.41, 5.74) is 3.81. The summed E-state index contributed by atoms with van der Waals surface area (Å²) in [6, 6.07) is 11.2. The molecular weight excluding hydrogens is 404 g/mol. The monoisotopic (exact) mass is 432 g/mol. The smallest absolute Gasteiger partial charge is 0.251 e. The van der Waals surface area contributed by atoms with E-state index in [1.54, 1.807) is 25.6 Å². The predicted octanol–water partition coefficient (Wildman–Crippen LogP) is 3.49. The second kappa shape index (κ2) is 9.77. The lowest BCUT2D eigenvalue weighted by Crippen LogP contribution is -2.28. The molecule has 0 saturated carbocycles. The van der Waals surface area contributed by atoms with Gasteiger partial charge >= 0.3 is 0 Å². The molecule has 32 heavy (non-hydrogen) atoms. The van der Waals surface area contributed by atoms with Crippen molar-refractivity contribution in [3.05, 3.63) is 76.0 Å². The average molecular weight is 433 g/mol. The summed E-state index contributed by atoms with van der Waals surface area (Å²) >= 11 is 0. The van der Waals surface area contributed by atoms with Crippen molar-refractivity contribution in [2.45, 2.75) is 38.5 Å². The van der Waals surface area contributed by atoms with E-state index in [1.807, 2.05) is 29.2 Å². The second-order valence-corrected chi connectivity index (χ2v) is 8.23. The summed E-state index contributed by atoms with van der Waals surface area (Å²) < 4.78 is 5.26. The Labute approximate surface area is 187 Å². The van der Waals surface area contributed by atoms with Gasteiger partial charge in [-0.3, -0.25) is 14.6 Å². The van der Waals surface area contributed by atoms with Gasteiger partial charge in [0.05, 0.1) is 12.8 Å². The minimum atomic E-state index is -0.179. The van der Waals surface area contributed by atoms with E-state index >= 15 is 0 Å². The lowest BCUT2D eigenvalue weighted by atomic mass is 10.0. The third-order valence-electron chi connectivity index (χ3n) is 6.06. The van der Waals surface area contributed by atoms with Crippen molar-refractivity contribution in [1.29, 1.82) is 0 Å². The lowest BCUT2D eigenvalue weighted by Gasteiger charge is -2.17. The van der Waals surface area contributed by atoms with Crippen molar-refractivity contribution in [2.24, 2.45) is 0 Å². The highest BCUT2D eigenvalue weighted by molar-refractivity contribution is 5.76. The van der Waals surface area contributed by atoms with E-state index in [0.29, 0.717) is 25.3 Å². The molecule has 3 aromatic rings. The topological polar surface area (TPSA) is 88.2 Å². The molecule has 1 atom stereocenters. The van der Waals surface area contributed by atoms with Gasteiger partial charge in [0.1, 0.15) is 11.6 Å². The molecule has 0 bridgehead atoms. The molecule has 7 heteroatoms. The Balaban J connectivity index is 1.35. The number of hydrogen-bond donors (Lipinski definition) is 1. The van der Waals surface area contributed by atoms with Gasteiger partial charge in [-0.05, 0) is 61.6 Å². The highest BCUT2D eigenvalue weighted by atomic mass is 16.5. The van der Waals surface area contributed by atoms with E-state index in [1.165, 1.54) is 11.1 Å². The molecule has 166 valence electrons. The number of H-pyrrole nitrogens is 1. The predicted molar refractivity (Wildman–Crippen MR) is 123 cm³/mol. The molecule has 0 radical (unpaired) electrons. The van der Waals surface area contributed by atoms with Crippen LogP contribution in [0.25, 0.3) is 11.4 Å². The molecule has 4 rings (SSSR count). The van der Waals surface area contributed by atoms with Gasteiger partial charge in [0.2, 0.25) is 5.91 Å². The fourth-order valence-corrected chi connectivity index (χ4v) is 4.22. The molecule has 2 aromatic heterocycles. The largest absolute Gasteiger partial charge is 0.497 e. The summed E-state index contributed by atoms with van der Waals surface area (Å²) in [6.07, 6.45) is 6.35. The zero-order chi connectivity index (χ0) is 22.5. The number of hydrogen-bond acceptors (Lipinski definition) is 5. The van der Waals surface area contributed by atoms with Crippen molar-refractivity contribution in [3.8, 4) is 17.1 Å². The molecule has 1 unspecified atom stereocenters. The lowest BCUT2D eigenvalue weighted by molar-refractivity contribution is -0.130. The molecule has 1 saturated heterocycles. The number of carbonyl (C=O) groups is 1. The van der Waals surface area contributed by atoms with Crippen LogP contribution in [0.3, 0.4) is 0 Å². The number of nitrogens with zero attached hydrogens (tertiary/aromatic N) is 3. The number of likely N-dealkylation sites (tertiary alicyclic amines) is 1. The molecule has 0 aliphatic carbocycles. The van der Waals surface area contributed by atoms with Crippen molar-refractivity contribution >= 4 is 5.91 Å². The molecular formula is C25H28N4O3. The minimum Gasteiger partial charge on any atom is -0.497 e. The van der Waals surface area contributed by atoms with Gasteiger partial charge in [-0.15, -0.1) is 0 Å². The summed E-state index contributed by atoms with van der Waals surface area (Å²) in [6.45, 7) is 3.37. The van der Waals surface area contributed by atoms with Crippen LogP contribution >= 0.6 is 0 Å². The summed E-state index contributed by atoms with van der Waals surface area (Å²) in [7, 11) is 1.66. The van der Waals surface area contributed by atoms with Crippen molar-refractivity contribution in [2.75, 3.05) is 20.2 Å². The third-order valence-corrected chi connectivity index (χ3v) is 6.06. The van der Waals surface area contributed by atoms with Crippen molar-refractivity contribution in [3.63, 3.8) is 0 Å². The second-order valence-electron chi connectivity index (χ2n) is 8.23. The van der Waals surface area contributed by atoms with E-state index < -0.39 is 0 Å². The number of carbonyl (C=O) groups excluding carboxylic acids is 1. The maximum Gasteiger partial charge on any atom is 0.251 e. The van der Waals surface area contributed by atoms with Crippen LogP contribution in [-0.2, 0) is 11.2 Å². The average Bonchev–Trinajstić information content (AvgIpc) is 3.31. The first-order chi connectivity index (χ1) is 15.5. The Morgan fingerprint density at radius 2 is 2.03 bits per heavy atom. The summed E-state index contributed by atoms with van der Waals surface area (Å²) in [5, 5.41) is 0. The molecule has 7 nitrogen and oxygen atoms in total. The van der Waals surface area contributed by atoms with Crippen LogP contribution in [0.15, 0.2) is 53.6 Å². The highest BCUT2D eigenvalue weighted by Crippen LogP contribution is 2.27. The summed E-state index contributed by atoms with van der Waals surface area (Å²) in [4.78, 5) is 38.3. The number of ether oxygens (including phenoxy) is 1. The van der Waals surface area contributed by atoms with Gasteiger partial charge in [0, 0.05) is 49.5 Å². The number of nitrogens with one attached hydrogen (secondary N) is 1. The van der Waals surface area contributed by atoms with Crippen molar-refractivity contribution in [1.82, 2.24) is 19.9 Å². The zero-order valence-corrected chi connectivity index (χ0v) is 18.5. The van der Waals surface area contributed by atoms with Gasteiger partial charge < -0.3 is 14.6 Å². The Morgan fingerprint density at radius 1 is 1.22 bits per heavy atom. The maximum absolute atomic E-state index is 12.8. The van der Waals surface area contributed by atoms with E-state index in [-0.39, 0.29) is 17.4 Å². The van der Waals surface area contributed by atoms with E-state index in [9.17, 15) is 9.59 Å². The first kappa shape index (κ1) is 21.7. The molecule has 0 spiro atoms. The van der Waals surface area contributed by atoms with Gasteiger partial charge in [-0.2, -0.15) is 0 Å². The zero-order valence-electron chi connectivity index (χ0n) is 18.5. The Bertz CT molecular complexity index is 1140. The minimum absolute atomic E-state index is 0.0747. The number of rotatable bonds is 7. The highest BCUT2D eigenvalue weighted by Gasteiger charge is 2.28. The van der Waals surface area contributed by atoms with Crippen LogP contribution < -0.4 is 10.3 Å². The molecule has 1 aliphatic heterocycles. The fourth-order valence-electron chi connectivity index (χ4n) is 4.22. The van der Waals surface area contributed by atoms with Gasteiger partial charge in [-0.1, -0.05) is 6.07 Å². The van der Waals surface area contributed by atoms with Crippen LogP contribution in [0, 0.1) is 6.92 Å². The molecule has 1 N–H and O–H groups in total. The van der Waals surface area contributed by atoms with Crippen molar-refractivity contribution < 1.29 is 9.53 Å². The van der Waals surface area contributed by atoms with Crippen LogP contribution in [0.4, 0.5) is 0 Å². The van der Waals surface area contributed by atoms with E-state index in [0.717, 1.165) is 36.3 Å². The van der Waals surface area contributed by atoms with Gasteiger partial charge in [0.15, 0.2) is 0 Å². The third kappa shape index (κ3) is 5.04. The molecule has 1 amide bonds. The Morgan fingerprint density at radius 3 is 2.78 bits per heavy atom. The molecule has 1 fully saturated rings. The number of aryl methyl sites for hydroxylation is 2. The molecule has 1 aliphatic rings. The number of pyridine rings is 1. The SMILES string of the molecule is COc1ccc(CCCC(=O)N2CCC(c3cc(=O)[nH]c(-c4ccncc4)n3)C2)c(C)c1.